The number of aliphatic hydroxyl groups excluding tert-OH is 4. The Morgan fingerprint density at radius 2 is 1.06 bits per heavy atom. The molecule has 0 spiro atoms. The highest BCUT2D eigenvalue weighted by atomic mass is 32.2. The first-order valence-electron chi connectivity index (χ1n) is 11.3. The summed E-state index contributed by atoms with van der Waals surface area (Å²) in [6.45, 7) is 3.71. The number of rotatable bonds is 22. The molecule has 0 aliphatic rings. The van der Waals surface area contributed by atoms with Gasteiger partial charge in [-0.25, -0.2) is 0 Å². The third kappa shape index (κ3) is 14.4. The summed E-state index contributed by atoms with van der Waals surface area (Å²) < 4.78 is 16.5. The molecule has 0 amide bonds. The highest BCUT2D eigenvalue weighted by Crippen LogP contribution is 2.27. The number of hydrogen-bond acceptors (Lipinski definition) is 11. The van der Waals surface area contributed by atoms with Gasteiger partial charge in [0.05, 0.1) is 63.3 Å². The maximum absolute atomic E-state index is 12.0. The molecule has 0 fully saturated rings. The summed E-state index contributed by atoms with van der Waals surface area (Å²) >= 11 is 2.93. The van der Waals surface area contributed by atoms with Crippen LogP contribution >= 0.6 is 23.5 Å². The van der Waals surface area contributed by atoms with Crippen LogP contribution in [-0.4, -0.2) is 108 Å². The van der Waals surface area contributed by atoms with Crippen LogP contribution in [0.5, 0.6) is 0 Å². The molecule has 0 radical (unpaired) electrons. The lowest BCUT2D eigenvalue weighted by molar-refractivity contribution is -0.154. The van der Waals surface area contributed by atoms with Crippen LogP contribution in [0.4, 0.5) is 0 Å². The van der Waals surface area contributed by atoms with E-state index >= 15 is 0 Å². The van der Waals surface area contributed by atoms with Gasteiger partial charge in [-0.15, -0.1) is 0 Å². The van der Waals surface area contributed by atoms with Gasteiger partial charge in [0, 0.05) is 23.0 Å². The lowest BCUT2D eigenvalue weighted by Crippen LogP contribution is -2.41. The fourth-order valence-corrected chi connectivity index (χ4v) is 3.93. The number of ether oxygens (including phenoxy) is 3. The maximum Gasteiger partial charge on any atom is 0.306 e. The molecule has 196 valence electrons. The van der Waals surface area contributed by atoms with Crippen LogP contribution in [-0.2, 0) is 23.8 Å². The van der Waals surface area contributed by atoms with Gasteiger partial charge in [-0.1, -0.05) is 13.8 Å². The number of esters is 2. The highest BCUT2D eigenvalue weighted by molar-refractivity contribution is 7.99. The van der Waals surface area contributed by atoms with Gasteiger partial charge in [-0.2, -0.15) is 23.5 Å². The standard InChI is InChI=1S/C22H42O9S2/c1-3-21(13-25,17-30-19(27)5-9-32-11-7-23)15-29-16-22(4-2,14-26)18-31-20(28)6-10-33-12-8-24/h23-26H,3-18H2,1-2H3. The summed E-state index contributed by atoms with van der Waals surface area (Å²) in [6, 6.07) is 0. The van der Waals surface area contributed by atoms with E-state index in [-0.39, 0.29) is 77.6 Å². The molecule has 0 aliphatic carbocycles. The van der Waals surface area contributed by atoms with Crippen LogP contribution < -0.4 is 0 Å². The van der Waals surface area contributed by atoms with Crippen LogP contribution in [0.3, 0.4) is 0 Å². The molecule has 2 atom stereocenters. The third-order valence-electron chi connectivity index (χ3n) is 5.44. The van der Waals surface area contributed by atoms with Crippen molar-refractivity contribution in [1.82, 2.24) is 0 Å². The number of aliphatic hydroxyl groups is 4. The van der Waals surface area contributed by atoms with E-state index in [2.05, 4.69) is 0 Å². The number of carbonyl (C=O) groups is 2. The van der Waals surface area contributed by atoms with Gasteiger partial charge in [-0.3, -0.25) is 9.59 Å². The Bertz CT molecular complexity index is 468. The van der Waals surface area contributed by atoms with Crippen LogP contribution in [0.25, 0.3) is 0 Å². The number of carbonyl (C=O) groups excluding carboxylic acids is 2. The maximum atomic E-state index is 12.0. The molecule has 11 heteroatoms. The van der Waals surface area contributed by atoms with E-state index in [0.29, 0.717) is 35.9 Å². The molecule has 33 heavy (non-hydrogen) atoms. The Hall–Kier alpha value is -0.560. The Labute approximate surface area is 205 Å². The topological polar surface area (TPSA) is 143 Å². The van der Waals surface area contributed by atoms with Crippen LogP contribution in [0.2, 0.25) is 0 Å². The summed E-state index contributed by atoms with van der Waals surface area (Å²) in [4.78, 5) is 23.9. The van der Waals surface area contributed by atoms with Crippen molar-refractivity contribution in [3.05, 3.63) is 0 Å². The summed E-state index contributed by atoms with van der Waals surface area (Å²) in [6.07, 6.45) is 1.50. The largest absolute Gasteiger partial charge is 0.465 e. The van der Waals surface area contributed by atoms with Gasteiger partial charge < -0.3 is 34.6 Å². The van der Waals surface area contributed by atoms with E-state index in [1.54, 1.807) is 0 Å². The van der Waals surface area contributed by atoms with Gasteiger partial charge in [0.15, 0.2) is 0 Å². The van der Waals surface area contributed by atoms with Crippen molar-refractivity contribution in [2.45, 2.75) is 39.5 Å². The first-order valence-corrected chi connectivity index (χ1v) is 13.6. The predicted molar refractivity (Wildman–Crippen MR) is 130 cm³/mol. The van der Waals surface area contributed by atoms with Crippen molar-refractivity contribution in [3.63, 3.8) is 0 Å². The zero-order chi connectivity index (χ0) is 25.0. The van der Waals surface area contributed by atoms with Crippen molar-refractivity contribution in [1.29, 1.82) is 0 Å². The molecule has 0 aromatic carbocycles. The van der Waals surface area contributed by atoms with Gasteiger partial charge in [0.2, 0.25) is 0 Å². The monoisotopic (exact) mass is 514 g/mol. The molecule has 9 nitrogen and oxygen atoms in total. The molecular formula is C22H42O9S2. The van der Waals surface area contributed by atoms with E-state index in [1.807, 2.05) is 13.8 Å². The molecule has 0 bridgehead atoms. The van der Waals surface area contributed by atoms with Crippen LogP contribution in [0, 0.1) is 10.8 Å². The normalized spacial score (nSPS) is 15.0. The summed E-state index contributed by atoms with van der Waals surface area (Å²) in [5, 5.41) is 37.4. The smallest absolute Gasteiger partial charge is 0.306 e. The summed E-state index contributed by atoms with van der Waals surface area (Å²) in [7, 11) is 0. The molecule has 0 rings (SSSR count). The van der Waals surface area contributed by atoms with E-state index in [1.165, 1.54) is 23.5 Å². The second-order valence-electron chi connectivity index (χ2n) is 8.01. The van der Waals surface area contributed by atoms with Crippen LogP contribution in [0.1, 0.15) is 39.5 Å². The summed E-state index contributed by atoms with van der Waals surface area (Å²) in [5.74, 6) is 1.52. The highest BCUT2D eigenvalue weighted by Gasteiger charge is 2.34. The van der Waals surface area contributed by atoms with E-state index in [9.17, 15) is 19.8 Å². The minimum Gasteiger partial charge on any atom is -0.465 e. The van der Waals surface area contributed by atoms with Crippen molar-refractivity contribution in [3.8, 4) is 0 Å². The van der Waals surface area contributed by atoms with Crippen molar-refractivity contribution in [2.75, 3.05) is 75.9 Å². The Kier molecular flexibility index (Phi) is 19.4. The Morgan fingerprint density at radius 3 is 1.36 bits per heavy atom. The summed E-state index contributed by atoms with van der Waals surface area (Å²) in [5.41, 5.74) is -1.52. The van der Waals surface area contributed by atoms with Gasteiger partial charge in [-0.05, 0) is 12.8 Å². The molecule has 0 aromatic heterocycles. The molecule has 0 saturated heterocycles. The SMILES string of the molecule is CCC(CO)(COCC(CC)(CO)COC(=O)CCSCCO)COC(=O)CCSCCO. The molecule has 2 unspecified atom stereocenters. The molecular weight excluding hydrogens is 472 g/mol. The first-order chi connectivity index (χ1) is 15.9. The average molecular weight is 515 g/mol. The predicted octanol–water partition coefficient (Wildman–Crippen LogP) is 1.10. The minimum absolute atomic E-state index is 0.0161. The number of thioether (sulfide) groups is 2. The lowest BCUT2D eigenvalue weighted by Gasteiger charge is -2.34. The van der Waals surface area contributed by atoms with Gasteiger partial charge in [0.1, 0.15) is 13.2 Å². The van der Waals surface area contributed by atoms with Crippen molar-refractivity contribution < 1.29 is 44.2 Å². The Balaban J connectivity index is 4.62. The van der Waals surface area contributed by atoms with Crippen molar-refractivity contribution >= 4 is 35.5 Å². The van der Waals surface area contributed by atoms with Gasteiger partial charge >= 0.3 is 11.9 Å². The molecule has 0 aromatic rings. The van der Waals surface area contributed by atoms with E-state index in [4.69, 9.17) is 24.4 Å². The number of hydrogen-bond donors (Lipinski definition) is 4. The van der Waals surface area contributed by atoms with E-state index in [0.717, 1.165) is 0 Å². The fourth-order valence-electron chi connectivity index (χ4n) is 2.64. The molecule has 0 aliphatic heterocycles. The zero-order valence-electron chi connectivity index (χ0n) is 20.0. The minimum atomic E-state index is -0.760. The quantitative estimate of drug-likeness (QED) is 0.122. The molecule has 0 saturated carbocycles. The lowest BCUT2D eigenvalue weighted by atomic mass is 9.86. The zero-order valence-corrected chi connectivity index (χ0v) is 21.6. The Morgan fingerprint density at radius 1 is 0.667 bits per heavy atom. The van der Waals surface area contributed by atoms with Gasteiger partial charge in [0.25, 0.3) is 0 Å². The van der Waals surface area contributed by atoms with Crippen molar-refractivity contribution in [2.24, 2.45) is 10.8 Å². The second-order valence-corrected chi connectivity index (χ2v) is 10.5. The molecule has 0 heterocycles. The fraction of sp³-hybridized carbons (Fsp3) is 0.909. The molecule has 4 N–H and O–H groups in total. The average Bonchev–Trinajstić information content (AvgIpc) is 2.84. The first kappa shape index (κ1) is 32.4. The third-order valence-corrected chi connectivity index (χ3v) is 7.37. The second kappa shape index (κ2) is 19.7. The van der Waals surface area contributed by atoms with Crippen LogP contribution in [0.15, 0.2) is 0 Å². The van der Waals surface area contributed by atoms with E-state index < -0.39 is 10.8 Å².